The van der Waals surface area contributed by atoms with E-state index in [2.05, 4.69) is 61.2 Å². The van der Waals surface area contributed by atoms with E-state index in [9.17, 15) is 0 Å². The molecule has 1 aliphatic carbocycles. The molecule has 1 saturated carbocycles. The monoisotopic (exact) mass is 220 g/mol. The topological polar surface area (TPSA) is 0 Å². The smallest absolute Gasteiger partial charge is 0.00809 e. The second-order valence-electron chi connectivity index (χ2n) is 4.69. The molecule has 2 aromatic carbocycles. The minimum atomic E-state index is 0.687. The molecule has 1 fully saturated rings. The van der Waals surface area contributed by atoms with Crippen molar-refractivity contribution >= 4 is 6.08 Å². The number of hydrogen-bond donors (Lipinski definition) is 0. The molecule has 1 aliphatic rings. The van der Waals surface area contributed by atoms with Gasteiger partial charge in [0.05, 0.1) is 0 Å². The lowest BCUT2D eigenvalue weighted by atomic mass is 10.00. The molecule has 0 bridgehead atoms. The highest BCUT2D eigenvalue weighted by Gasteiger charge is 2.39. The molecule has 3 rings (SSSR count). The largest absolute Gasteiger partial charge is 0.0985 e. The van der Waals surface area contributed by atoms with E-state index < -0.39 is 0 Å². The van der Waals surface area contributed by atoms with Crippen molar-refractivity contribution in [3.8, 4) is 0 Å². The Morgan fingerprint density at radius 2 is 1.59 bits per heavy atom. The third kappa shape index (κ3) is 1.91. The zero-order chi connectivity index (χ0) is 11.7. The van der Waals surface area contributed by atoms with Crippen LogP contribution in [0.2, 0.25) is 0 Å². The van der Waals surface area contributed by atoms with E-state index in [1.807, 2.05) is 6.08 Å². The quantitative estimate of drug-likeness (QED) is 0.709. The summed E-state index contributed by atoms with van der Waals surface area (Å²) in [6, 6.07) is 19.4. The second-order valence-corrected chi connectivity index (χ2v) is 4.69. The fourth-order valence-corrected chi connectivity index (χ4v) is 2.64. The Labute approximate surface area is 103 Å². The average Bonchev–Trinajstić information content (AvgIpc) is 3.20. The van der Waals surface area contributed by atoms with Gasteiger partial charge in [-0.05, 0) is 34.9 Å². The Hall–Kier alpha value is -1.82. The van der Waals surface area contributed by atoms with Gasteiger partial charge in [0.15, 0.2) is 0 Å². The Balaban J connectivity index is 1.87. The maximum Gasteiger partial charge on any atom is -0.00809 e. The van der Waals surface area contributed by atoms with E-state index in [0.717, 1.165) is 0 Å². The van der Waals surface area contributed by atoms with E-state index in [1.165, 1.54) is 23.1 Å². The third-order valence-electron chi connectivity index (χ3n) is 3.63. The van der Waals surface area contributed by atoms with E-state index in [-0.39, 0.29) is 0 Å². The van der Waals surface area contributed by atoms with Crippen molar-refractivity contribution in [2.45, 2.75) is 18.3 Å². The van der Waals surface area contributed by atoms with E-state index in [1.54, 1.807) is 0 Å². The lowest BCUT2D eigenvalue weighted by Crippen LogP contribution is -1.87. The van der Waals surface area contributed by atoms with Crippen LogP contribution in [-0.2, 0) is 0 Å². The predicted molar refractivity (Wildman–Crippen MR) is 73.1 cm³/mol. The van der Waals surface area contributed by atoms with Crippen molar-refractivity contribution in [3.05, 3.63) is 77.9 Å². The van der Waals surface area contributed by atoms with Crippen LogP contribution in [-0.4, -0.2) is 0 Å². The van der Waals surface area contributed by atoms with Gasteiger partial charge in [0.1, 0.15) is 0 Å². The fraction of sp³-hybridized carbons (Fsp3) is 0.176. The summed E-state index contributed by atoms with van der Waals surface area (Å²) >= 11 is 0. The molecule has 2 unspecified atom stereocenters. The highest BCUT2D eigenvalue weighted by molar-refractivity contribution is 5.55. The van der Waals surface area contributed by atoms with Crippen molar-refractivity contribution < 1.29 is 0 Å². The number of rotatable bonds is 3. The van der Waals surface area contributed by atoms with Crippen LogP contribution in [0, 0.1) is 0 Å². The van der Waals surface area contributed by atoms with Crippen molar-refractivity contribution in [2.75, 3.05) is 0 Å². The van der Waals surface area contributed by atoms with Gasteiger partial charge >= 0.3 is 0 Å². The fourth-order valence-electron chi connectivity index (χ4n) is 2.64. The van der Waals surface area contributed by atoms with Gasteiger partial charge < -0.3 is 0 Å². The molecular formula is C17H16. The second kappa shape index (κ2) is 4.21. The van der Waals surface area contributed by atoms with Gasteiger partial charge in [-0.1, -0.05) is 67.3 Å². The van der Waals surface area contributed by atoms with E-state index in [4.69, 9.17) is 0 Å². The molecule has 0 aliphatic heterocycles. The summed E-state index contributed by atoms with van der Waals surface area (Å²) in [5, 5.41) is 0. The summed E-state index contributed by atoms with van der Waals surface area (Å²) in [7, 11) is 0. The van der Waals surface area contributed by atoms with Crippen LogP contribution in [0.25, 0.3) is 6.08 Å². The Bertz CT molecular complexity index is 525. The zero-order valence-corrected chi connectivity index (χ0v) is 9.84. The van der Waals surface area contributed by atoms with Gasteiger partial charge in [-0.25, -0.2) is 0 Å². The first-order valence-corrected chi connectivity index (χ1v) is 6.16. The lowest BCUT2D eigenvalue weighted by molar-refractivity contribution is 1.02. The normalized spacial score (nSPS) is 22.1. The lowest BCUT2D eigenvalue weighted by Gasteiger charge is -2.05. The Morgan fingerprint density at radius 1 is 0.882 bits per heavy atom. The van der Waals surface area contributed by atoms with Gasteiger partial charge in [0, 0.05) is 0 Å². The molecule has 0 saturated heterocycles. The van der Waals surface area contributed by atoms with Crippen molar-refractivity contribution in [1.82, 2.24) is 0 Å². The number of benzene rings is 2. The van der Waals surface area contributed by atoms with Gasteiger partial charge in [-0.2, -0.15) is 0 Å². The minimum absolute atomic E-state index is 0.687. The van der Waals surface area contributed by atoms with Gasteiger partial charge in [0.25, 0.3) is 0 Å². The van der Waals surface area contributed by atoms with Crippen LogP contribution >= 0.6 is 0 Å². The highest BCUT2D eigenvalue weighted by atomic mass is 14.4. The molecule has 0 radical (unpaired) electrons. The molecule has 2 atom stereocenters. The number of hydrogen-bond acceptors (Lipinski definition) is 0. The molecule has 0 nitrogen and oxygen atoms in total. The van der Waals surface area contributed by atoms with E-state index in [0.29, 0.717) is 11.8 Å². The van der Waals surface area contributed by atoms with Crippen molar-refractivity contribution in [1.29, 1.82) is 0 Å². The summed E-state index contributed by atoms with van der Waals surface area (Å²) in [6.07, 6.45) is 3.24. The third-order valence-corrected chi connectivity index (χ3v) is 3.63. The van der Waals surface area contributed by atoms with Crippen molar-refractivity contribution in [3.63, 3.8) is 0 Å². The first kappa shape index (κ1) is 10.3. The van der Waals surface area contributed by atoms with Crippen LogP contribution in [0.3, 0.4) is 0 Å². The molecule has 0 aromatic heterocycles. The van der Waals surface area contributed by atoms with Gasteiger partial charge in [-0.15, -0.1) is 0 Å². The highest BCUT2D eigenvalue weighted by Crippen LogP contribution is 2.55. The average molecular weight is 220 g/mol. The summed E-state index contributed by atoms with van der Waals surface area (Å²) < 4.78 is 0. The van der Waals surface area contributed by atoms with Crippen molar-refractivity contribution in [2.24, 2.45) is 0 Å². The molecule has 0 heteroatoms. The Morgan fingerprint density at radius 3 is 2.35 bits per heavy atom. The maximum absolute atomic E-state index is 3.90. The summed E-state index contributed by atoms with van der Waals surface area (Å²) in [5.74, 6) is 1.39. The van der Waals surface area contributed by atoms with Crippen LogP contribution < -0.4 is 0 Å². The summed E-state index contributed by atoms with van der Waals surface area (Å²) in [5.41, 5.74) is 4.21. The molecule has 2 aromatic rings. The molecular weight excluding hydrogens is 204 g/mol. The zero-order valence-electron chi connectivity index (χ0n) is 9.84. The van der Waals surface area contributed by atoms with Gasteiger partial charge in [-0.3, -0.25) is 0 Å². The van der Waals surface area contributed by atoms with Gasteiger partial charge in [0.2, 0.25) is 0 Å². The summed E-state index contributed by atoms with van der Waals surface area (Å²) in [6.45, 7) is 3.90. The SMILES string of the molecule is C=Cc1ccccc1C1CC1c1ccccc1. The molecule has 0 heterocycles. The molecule has 0 N–H and O–H groups in total. The molecule has 0 spiro atoms. The first-order chi connectivity index (χ1) is 8.40. The molecule has 0 amide bonds. The van der Waals surface area contributed by atoms with Crippen LogP contribution in [0.1, 0.15) is 34.9 Å². The first-order valence-electron chi connectivity index (χ1n) is 6.16. The van der Waals surface area contributed by atoms with Crippen LogP contribution in [0.5, 0.6) is 0 Å². The molecule has 84 valence electrons. The maximum atomic E-state index is 3.90. The standard InChI is InChI=1S/C17H16/c1-2-13-8-6-7-11-15(13)17-12-16(17)14-9-4-3-5-10-14/h2-11,16-17H,1,12H2. The minimum Gasteiger partial charge on any atom is -0.0985 e. The molecule has 17 heavy (non-hydrogen) atoms. The predicted octanol–water partition coefficient (Wildman–Crippen LogP) is 4.60. The summed E-state index contributed by atoms with van der Waals surface area (Å²) in [4.78, 5) is 0. The van der Waals surface area contributed by atoms with Crippen LogP contribution in [0.4, 0.5) is 0 Å². The Kier molecular flexibility index (Phi) is 2.56. The van der Waals surface area contributed by atoms with Crippen LogP contribution in [0.15, 0.2) is 61.2 Å². The van der Waals surface area contributed by atoms with E-state index >= 15 is 0 Å².